The Labute approximate surface area is 174 Å². The first-order valence-electron chi connectivity index (χ1n) is 9.97. The lowest BCUT2D eigenvalue weighted by Crippen LogP contribution is -2.54. The summed E-state index contributed by atoms with van der Waals surface area (Å²) >= 11 is 1.46. The van der Waals surface area contributed by atoms with Gasteiger partial charge in [0.25, 0.3) is 5.91 Å². The lowest BCUT2D eigenvalue weighted by molar-refractivity contribution is -0.134. The highest BCUT2D eigenvalue weighted by Gasteiger charge is 2.27. The molecule has 2 fully saturated rings. The van der Waals surface area contributed by atoms with Gasteiger partial charge in [-0.1, -0.05) is 6.07 Å². The van der Waals surface area contributed by atoms with Crippen LogP contribution >= 0.6 is 11.3 Å². The molecule has 1 aromatic heterocycles. The second kappa shape index (κ2) is 8.84. The van der Waals surface area contributed by atoms with Crippen molar-refractivity contribution in [2.24, 2.45) is 0 Å². The Morgan fingerprint density at radius 1 is 0.862 bits per heavy atom. The van der Waals surface area contributed by atoms with E-state index < -0.39 is 0 Å². The minimum atomic E-state index is 0.0671. The van der Waals surface area contributed by atoms with Gasteiger partial charge in [-0.2, -0.15) is 0 Å². The molecule has 2 aliphatic rings. The Morgan fingerprint density at radius 2 is 1.52 bits per heavy atom. The second-order valence-electron chi connectivity index (χ2n) is 7.43. The number of phenolic OH excluding ortho intramolecular Hbond substituents is 1. The minimum Gasteiger partial charge on any atom is -0.508 e. The predicted octanol–water partition coefficient (Wildman–Crippen LogP) is 1.56. The number of piperazine rings is 2. The van der Waals surface area contributed by atoms with Crippen LogP contribution in [0.1, 0.15) is 9.67 Å². The molecule has 2 aliphatic heterocycles. The SMILES string of the molecule is O=C(CN1CCN(c2ccc(O)cc2)CC1)N1CCN(C(=O)c2cccs2)CC1. The topological polar surface area (TPSA) is 67.3 Å². The number of aromatic hydroxyl groups is 1. The van der Waals surface area contributed by atoms with Crippen molar-refractivity contribution < 1.29 is 14.7 Å². The molecule has 0 spiro atoms. The molecule has 2 saturated heterocycles. The average molecular weight is 415 g/mol. The van der Waals surface area contributed by atoms with Gasteiger partial charge in [-0.05, 0) is 35.7 Å². The first kappa shape index (κ1) is 19.7. The average Bonchev–Trinajstić information content (AvgIpc) is 3.29. The van der Waals surface area contributed by atoms with E-state index in [2.05, 4.69) is 9.80 Å². The number of rotatable bonds is 4. The highest BCUT2D eigenvalue weighted by Crippen LogP contribution is 2.20. The lowest BCUT2D eigenvalue weighted by Gasteiger charge is -2.38. The number of anilines is 1. The van der Waals surface area contributed by atoms with Gasteiger partial charge in [0.1, 0.15) is 5.75 Å². The quantitative estimate of drug-likeness (QED) is 0.823. The standard InChI is InChI=1S/C21H26N4O3S/c26-18-5-3-17(4-6-18)23-9-7-22(8-10-23)16-20(27)24-11-13-25(14-12-24)21(28)19-2-1-15-29-19/h1-6,15,26H,7-14,16H2. The normalized spacial score (nSPS) is 18.1. The number of nitrogens with zero attached hydrogens (tertiary/aromatic N) is 4. The maximum atomic E-state index is 12.7. The van der Waals surface area contributed by atoms with Crippen LogP contribution in [0.25, 0.3) is 0 Å². The van der Waals surface area contributed by atoms with E-state index >= 15 is 0 Å². The molecule has 29 heavy (non-hydrogen) atoms. The number of amides is 2. The summed E-state index contributed by atoms with van der Waals surface area (Å²) in [5, 5.41) is 11.3. The van der Waals surface area contributed by atoms with Gasteiger partial charge in [0, 0.05) is 58.0 Å². The van der Waals surface area contributed by atoms with Crippen molar-refractivity contribution in [1.82, 2.24) is 14.7 Å². The molecule has 7 nitrogen and oxygen atoms in total. The van der Waals surface area contributed by atoms with Crippen LogP contribution < -0.4 is 4.90 Å². The zero-order valence-corrected chi connectivity index (χ0v) is 17.2. The fraction of sp³-hybridized carbons (Fsp3) is 0.429. The number of benzene rings is 1. The Balaban J connectivity index is 1.21. The van der Waals surface area contributed by atoms with Gasteiger partial charge < -0.3 is 19.8 Å². The van der Waals surface area contributed by atoms with E-state index in [4.69, 9.17) is 0 Å². The Bertz CT molecular complexity index is 824. The minimum absolute atomic E-state index is 0.0671. The Hall–Kier alpha value is -2.58. The molecule has 0 bridgehead atoms. The van der Waals surface area contributed by atoms with Crippen molar-refractivity contribution >= 4 is 28.8 Å². The van der Waals surface area contributed by atoms with E-state index in [0.717, 1.165) is 36.7 Å². The van der Waals surface area contributed by atoms with Crippen molar-refractivity contribution in [3.8, 4) is 5.75 Å². The van der Waals surface area contributed by atoms with Crippen molar-refractivity contribution in [2.45, 2.75) is 0 Å². The smallest absolute Gasteiger partial charge is 0.264 e. The number of phenols is 1. The van der Waals surface area contributed by atoms with Crippen LogP contribution in [-0.2, 0) is 4.79 Å². The van der Waals surface area contributed by atoms with Crippen LogP contribution in [0.5, 0.6) is 5.75 Å². The summed E-state index contributed by atoms with van der Waals surface area (Å²) in [5.41, 5.74) is 1.10. The molecule has 0 saturated carbocycles. The third kappa shape index (κ3) is 4.71. The van der Waals surface area contributed by atoms with E-state index in [-0.39, 0.29) is 17.6 Å². The van der Waals surface area contributed by atoms with Gasteiger partial charge in [0.05, 0.1) is 11.4 Å². The van der Waals surface area contributed by atoms with Crippen LogP contribution in [0.4, 0.5) is 5.69 Å². The van der Waals surface area contributed by atoms with Gasteiger partial charge in [-0.25, -0.2) is 0 Å². The molecule has 3 heterocycles. The zero-order valence-electron chi connectivity index (χ0n) is 16.4. The van der Waals surface area contributed by atoms with Gasteiger partial charge in [0.15, 0.2) is 0 Å². The molecule has 1 N–H and O–H groups in total. The number of carbonyl (C=O) groups is 2. The maximum Gasteiger partial charge on any atom is 0.264 e. The predicted molar refractivity (Wildman–Crippen MR) is 114 cm³/mol. The van der Waals surface area contributed by atoms with Crippen LogP contribution in [0.15, 0.2) is 41.8 Å². The van der Waals surface area contributed by atoms with Crippen LogP contribution in [0.3, 0.4) is 0 Å². The molecule has 0 radical (unpaired) electrons. The van der Waals surface area contributed by atoms with Gasteiger partial charge in [-0.3, -0.25) is 14.5 Å². The first-order chi connectivity index (χ1) is 14.1. The van der Waals surface area contributed by atoms with Gasteiger partial charge in [-0.15, -0.1) is 11.3 Å². The molecule has 0 aliphatic carbocycles. The lowest BCUT2D eigenvalue weighted by atomic mass is 10.2. The number of hydrogen-bond donors (Lipinski definition) is 1. The molecule has 1 aromatic carbocycles. The molecule has 2 aromatic rings. The number of carbonyl (C=O) groups excluding carboxylic acids is 2. The number of hydrogen-bond acceptors (Lipinski definition) is 6. The third-order valence-electron chi connectivity index (χ3n) is 5.60. The summed E-state index contributed by atoms with van der Waals surface area (Å²) in [5.74, 6) is 0.485. The molecular weight excluding hydrogens is 388 g/mol. The highest BCUT2D eigenvalue weighted by atomic mass is 32.1. The fourth-order valence-electron chi connectivity index (χ4n) is 3.83. The largest absolute Gasteiger partial charge is 0.508 e. The molecule has 8 heteroatoms. The number of thiophene rings is 1. The van der Waals surface area contributed by atoms with E-state index in [0.29, 0.717) is 32.7 Å². The summed E-state index contributed by atoms with van der Waals surface area (Å²) in [6.07, 6.45) is 0. The summed E-state index contributed by atoms with van der Waals surface area (Å²) in [4.78, 5) is 34.1. The van der Waals surface area contributed by atoms with Gasteiger partial charge in [0.2, 0.25) is 5.91 Å². The zero-order chi connectivity index (χ0) is 20.2. The van der Waals surface area contributed by atoms with Crippen LogP contribution in [0, 0.1) is 0 Å². The van der Waals surface area contributed by atoms with Crippen LogP contribution in [-0.4, -0.2) is 90.5 Å². The second-order valence-corrected chi connectivity index (χ2v) is 8.38. The maximum absolute atomic E-state index is 12.7. The van der Waals surface area contributed by atoms with Crippen LogP contribution in [0.2, 0.25) is 0 Å². The fourth-order valence-corrected chi connectivity index (χ4v) is 4.52. The Morgan fingerprint density at radius 3 is 2.14 bits per heavy atom. The third-order valence-corrected chi connectivity index (χ3v) is 6.46. The summed E-state index contributed by atoms with van der Waals surface area (Å²) in [7, 11) is 0. The molecular formula is C21H26N4O3S. The molecule has 154 valence electrons. The van der Waals surface area contributed by atoms with E-state index in [1.807, 2.05) is 39.4 Å². The highest BCUT2D eigenvalue weighted by molar-refractivity contribution is 7.12. The molecule has 4 rings (SSSR count). The molecule has 0 atom stereocenters. The molecule has 0 unspecified atom stereocenters. The van der Waals surface area contributed by atoms with E-state index in [1.165, 1.54) is 11.3 Å². The summed E-state index contributed by atoms with van der Waals surface area (Å²) in [6.45, 7) is 6.22. The Kier molecular flexibility index (Phi) is 6.01. The first-order valence-corrected chi connectivity index (χ1v) is 10.8. The van der Waals surface area contributed by atoms with Crippen molar-refractivity contribution in [1.29, 1.82) is 0 Å². The van der Waals surface area contributed by atoms with Crippen molar-refractivity contribution in [2.75, 3.05) is 63.8 Å². The van der Waals surface area contributed by atoms with Crippen molar-refractivity contribution in [3.63, 3.8) is 0 Å². The summed E-state index contributed by atoms with van der Waals surface area (Å²) in [6, 6.07) is 11.0. The van der Waals surface area contributed by atoms with E-state index in [1.54, 1.807) is 12.1 Å². The van der Waals surface area contributed by atoms with Gasteiger partial charge >= 0.3 is 0 Å². The van der Waals surface area contributed by atoms with E-state index in [9.17, 15) is 14.7 Å². The molecule has 2 amide bonds. The monoisotopic (exact) mass is 414 g/mol. The van der Waals surface area contributed by atoms with Crippen molar-refractivity contribution in [3.05, 3.63) is 46.7 Å². The summed E-state index contributed by atoms with van der Waals surface area (Å²) < 4.78 is 0.